The predicted octanol–water partition coefficient (Wildman–Crippen LogP) is 2.50. The molecule has 3 rings (SSSR count). The number of nitrogen functional groups attached to an aromatic ring is 1. The van der Waals surface area contributed by atoms with Crippen molar-refractivity contribution in [1.82, 2.24) is 29.7 Å². The van der Waals surface area contributed by atoms with E-state index in [4.69, 9.17) is 22.1 Å². The first-order valence-electron chi connectivity index (χ1n) is 10.1. The molecule has 0 aliphatic heterocycles. The molecule has 1 amide bonds. The number of carbonyl (C=O) groups is 2. The molecule has 0 radical (unpaired) electrons. The van der Waals surface area contributed by atoms with E-state index in [0.29, 0.717) is 11.2 Å². The van der Waals surface area contributed by atoms with Crippen LogP contribution in [0.1, 0.15) is 31.1 Å². The van der Waals surface area contributed by atoms with Crippen LogP contribution in [0.2, 0.25) is 5.02 Å². The van der Waals surface area contributed by atoms with E-state index >= 15 is 0 Å². The zero-order valence-electron chi connectivity index (χ0n) is 18.7. The number of imidazole rings is 1. The zero-order chi connectivity index (χ0) is 25.1. The minimum Gasteiger partial charge on any atom is -0.480 e. The molecule has 0 bridgehead atoms. The maximum Gasteiger partial charge on any atom is 0.323 e. The standard InChI is InChI=1S/C20H25ClN7O5P/c1-12(8-28-10-25-15-16(22)23-9-24-17(15)28)33-11-34(32,27-20(2,3)19(30)31)26-18(29)13-6-4-5-7-14(13)21/h4-7,9-10,12H,8,11H2,1-3H3,(H,30,31)(H2,22,23,24)(H2,26,27,29,32)/t12-,34?/m1/s1. The molecule has 14 heteroatoms. The van der Waals surface area contributed by atoms with Gasteiger partial charge in [0.2, 0.25) is 0 Å². The third-order valence-corrected chi connectivity index (χ3v) is 7.15. The maximum absolute atomic E-state index is 13.7. The van der Waals surface area contributed by atoms with Crippen molar-refractivity contribution >= 4 is 47.9 Å². The molecular weight excluding hydrogens is 485 g/mol. The lowest BCUT2D eigenvalue weighted by molar-refractivity contribution is -0.142. The molecular formula is C20H25ClN7O5P. The van der Waals surface area contributed by atoms with Crippen molar-refractivity contribution < 1.29 is 24.0 Å². The average Bonchev–Trinajstić information content (AvgIpc) is 3.16. The molecule has 0 fully saturated rings. The van der Waals surface area contributed by atoms with Crippen molar-refractivity contribution in [1.29, 1.82) is 0 Å². The van der Waals surface area contributed by atoms with Gasteiger partial charge in [-0.2, -0.15) is 0 Å². The van der Waals surface area contributed by atoms with Crippen molar-refractivity contribution in [2.24, 2.45) is 0 Å². The first-order valence-corrected chi connectivity index (χ1v) is 12.4. The number of ether oxygens (including phenoxy) is 1. The summed E-state index contributed by atoms with van der Waals surface area (Å²) in [5.74, 6) is -1.74. The summed E-state index contributed by atoms with van der Waals surface area (Å²) in [7, 11) is -3.92. The van der Waals surface area contributed by atoms with Gasteiger partial charge < -0.3 is 20.1 Å². The Kier molecular flexibility index (Phi) is 7.57. The van der Waals surface area contributed by atoms with Gasteiger partial charge in [0.25, 0.3) is 13.4 Å². The number of benzene rings is 1. The van der Waals surface area contributed by atoms with Crippen LogP contribution in [0, 0.1) is 0 Å². The number of carboxylic acid groups (broad SMARTS) is 1. The van der Waals surface area contributed by atoms with Crippen LogP contribution in [0.15, 0.2) is 36.9 Å². The van der Waals surface area contributed by atoms with Crippen molar-refractivity contribution in [3.05, 3.63) is 47.5 Å². The van der Waals surface area contributed by atoms with Crippen molar-refractivity contribution in [2.75, 3.05) is 12.1 Å². The Hall–Kier alpha value is -3.05. The number of aliphatic carboxylic acids is 1. The van der Waals surface area contributed by atoms with Gasteiger partial charge in [-0.05, 0) is 32.9 Å². The van der Waals surface area contributed by atoms with E-state index in [1.165, 1.54) is 38.6 Å². The Morgan fingerprint density at radius 2 is 2.00 bits per heavy atom. The summed E-state index contributed by atoms with van der Waals surface area (Å²) in [6.45, 7) is 4.65. The van der Waals surface area contributed by atoms with E-state index in [2.05, 4.69) is 25.1 Å². The number of anilines is 1. The third-order valence-electron chi connectivity index (χ3n) is 4.82. The predicted molar refractivity (Wildman–Crippen MR) is 127 cm³/mol. The minimum atomic E-state index is -3.92. The Bertz CT molecular complexity index is 1270. The smallest absolute Gasteiger partial charge is 0.323 e. The van der Waals surface area contributed by atoms with Gasteiger partial charge in [0.15, 0.2) is 11.5 Å². The summed E-state index contributed by atoms with van der Waals surface area (Å²) in [4.78, 5) is 36.6. The number of nitrogens with one attached hydrogen (secondary N) is 2. The topological polar surface area (TPSA) is 174 Å². The number of carbonyl (C=O) groups excluding carboxylic acids is 1. The van der Waals surface area contributed by atoms with E-state index in [1.54, 1.807) is 23.6 Å². The van der Waals surface area contributed by atoms with Gasteiger partial charge in [-0.3, -0.25) is 19.2 Å². The van der Waals surface area contributed by atoms with E-state index in [9.17, 15) is 19.3 Å². The van der Waals surface area contributed by atoms with Gasteiger partial charge in [0, 0.05) is 0 Å². The summed E-state index contributed by atoms with van der Waals surface area (Å²) in [6.07, 6.45) is 1.84. The summed E-state index contributed by atoms with van der Waals surface area (Å²) in [5, 5.41) is 14.6. The minimum absolute atomic E-state index is 0.0922. The molecule has 12 nitrogen and oxygen atoms in total. The Labute approximate surface area is 200 Å². The Morgan fingerprint density at radius 3 is 2.68 bits per heavy atom. The number of fused-ring (bicyclic) bond motifs is 1. The molecule has 34 heavy (non-hydrogen) atoms. The number of hydrogen-bond donors (Lipinski definition) is 4. The highest BCUT2D eigenvalue weighted by atomic mass is 35.5. The van der Waals surface area contributed by atoms with Gasteiger partial charge in [0.05, 0.1) is 29.6 Å². The second kappa shape index (κ2) is 10.1. The van der Waals surface area contributed by atoms with Crippen molar-refractivity contribution in [2.45, 2.75) is 39.0 Å². The van der Waals surface area contributed by atoms with Gasteiger partial charge in [0.1, 0.15) is 23.7 Å². The number of nitrogens with zero attached hydrogens (tertiary/aromatic N) is 4. The lowest BCUT2D eigenvalue weighted by Gasteiger charge is -2.29. The van der Waals surface area contributed by atoms with Crippen LogP contribution in [0.3, 0.4) is 0 Å². The Balaban J connectivity index is 1.77. The van der Waals surface area contributed by atoms with Gasteiger partial charge >= 0.3 is 5.97 Å². The summed E-state index contributed by atoms with van der Waals surface area (Å²) in [5.41, 5.74) is 5.22. The van der Waals surface area contributed by atoms with Crippen molar-refractivity contribution in [3.8, 4) is 0 Å². The van der Waals surface area contributed by atoms with Crippen LogP contribution in [0.5, 0.6) is 0 Å². The lowest BCUT2D eigenvalue weighted by atomic mass is 10.1. The highest BCUT2D eigenvalue weighted by Gasteiger charge is 2.38. The van der Waals surface area contributed by atoms with Crippen LogP contribution in [0.4, 0.5) is 5.82 Å². The fourth-order valence-corrected chi connectivity index (χ4v) is 5.37. The van der Waals surface area contributed by atoms with Crippen LogP contribution in [0.25, 0.3) is 11.2 Å². The molecule has 0 aliphatic carbocycles. The highest BCUT2D eigenvalue weighted by Crippen LogP contribution is 2.40. The summed E-state index contributed by atoms with van der Waals surface area (Å²) < 4.78 is 21.1. The van der Waals surface area contributed by atoms with E-state index in [-0.39, 0.29) is 22.9 Å². The largest absolute Gasteiger partial charge is 0.480 e. The quantitative estimate of drug-likeness (QED) is 0.297. The SMILES string of the molecule is C[C@H](Cn1cnc2c(N)ncnc21)OCP(=O)(NC(=O)c1ccccc1Cl)NC(C)(C)C(=O)O. The monoisotopic (exact) mass is 509 g/mol. The third kappa shape index (κ3) is 5.89. The number of halogens is 1. The second-order valence-electron chi connectivity index (χ2n) is 8.14. The van der Waals surface area contributed by atoms with Crippen LogP contribution in [-0.4, -0.2) is 54.5 Å². The average molecular weight is 510 g/mol. The highest BCUT2D eigenvalue weighted by molar-refractivity contribution is 7.60. The van der Waals surface area contributed by atoms with Crippen LogP contribution >= 0.6 is 19.0 Å². The molecule has 2 atom stereocenters. The second-order valence-corrected chi connectivity index (χ2v) is 10.7. The normalized spacial score (nSPS) is 14.5. The summed E-state index contributed by atoms with van der Waals surface area (Å²) >= 11 is 6.07. The van der Waals surface area contributed by atoms with Gasteiger partial charge in [-0.1, -0.05) is 23.7 Å². The lowest BCUT2D eigenvalue weighted by Crippen LogP contribution is -2.48. The van der Waals surface area contributed by atoms with E-state index in [0.717, 1.165) is 0 Å². The molecule has 0 saturated carbocycles. The number of hydrogen-bond acceptors (Lipinski definition) is 8. The molecule has 1 aromatic carbocycles. The summed E-state index contributed by atoms with van der Waals surface area (Å²) in [6, 6.07) is 6.23. The molecule has 0 aliphatic rings. The fourth-order valence-electron chi connectivity index (χ4n) is 3.06. The zero-order valence-corrected chi connectivity index (χ0v) is 20.4. The molecule has 2 heterocycles. The van der Waals surface area contributed by atoms with E-state index < -0.39 is 37.3 Å². The first-order chi connectivity index (χ1) is 15.9. The number of nitrogens with two attached hydrogens (primary N) is 1. The van der Waals surface area contributed by atoms with Crippen molar-refractivity contribution in [3.63, 3.8) is 0 Å². The van der Waals surface area contributed by atoms with Gasteiger partial charge in [-0.15, -0.1) is 0 Å². The number of amides is 1. The molecule has 2 aromatic heterocycles. The van der Waals surface area contributed by atoms with Crippen LogP contribution < -0.4 is 15.9 Å². The fraction of sp³-hybridized carbons (Fsp3) is 0.350. The number of aromatic nitrogens is 4. The number of carboxylic acids is 1. The molecule has 1 unspecified atom stereocenters. The molecule has 5 N–H and O–H groups in total. The van der Waals surface area contributed by atoms with Gasteiger partial charge in [-0.25, -0.2) is 20.0 Å². The van der Waals surface area contributed by atoms with Crippen LogP contribution in [-0.2, 0) is 20.6 Å². The maximum atomic E-state index is 13.7. The van der Waals surface area contributed by atoms with E-state index in [1.807, 2.05) is 0 Å². The Morgan fingerprint density at radius 1 is 1.29 bits per heavy atom. The molecule has 3 aromatic rings. The molecule has 182 valence electrons. The first kappa shape index (κ1) is 25.6. The number of rotatable bonds is 10. The molecule has 0 spiro atoms. The molecule has 0 saturated heterocycles.